The Morgan fingerprint density at radius 1 is 0.652 bits per heavy atom. The number of aliphatic carboxylic acids is 1. The minimum atomic E-state index is -1.69. The van der Waals surface area contributed by atoms with Gasteiger partial charge in [0, 0.05) is 0 Å². The molecule has 13 N–H and O–H groups in total. The van der Waals surface area contributed by atoms with Gasteiger partial charge in [0.25, 0.3) is 0 Å². The van der Waals surface area contributed by atoms with Crippen molar-refractivity contribution in [1.82, 2.24) is 26.6 Å². The quantitative estimate of drug-likeness (QED) is 0.0544. The van der Waals surface area contributed by atoms with Crippen molar-refractivity contribution < 1.29 is 53.9 Å². The van der Waals surface area contributed by atoms with Gasteiger partial charge in [-0.25, -0.2) is 9.59 Å². The fraction of sp³-hybridized carbons (Fsp3) is 0.786. The fourth-order valence-corrected chi connectivity index (χ4v) is 4.00. The van der Waals surface area contributed by atoms with Crippen molar-refractivity contribution >= 4 is 35.7 Å². The largest absolute Gasteiger partial charge is 0.480 e. The maximum atomic E-state index is 13.2. The smallest absolute Gasteiger partial charge is 0.408 e. The van der Waals surface area contributed by atoms with Gasteiger partial charge in [-0.1, -0.05) is 0 Å². The number of hydrogen-bond donors (Lipinski definition) is 11. The second kappa shape index (κ2) is 21.3. The first-order valence-electron chi connectivity index (χ1n) is 15.2. The summed E-state index contributed by atoms with van der Waals surface area (Å²) in [5.74, 6) is -5.39. The Morgan fingerprint density at radius 2 is 1.04 bits per heavy atom. The van der Waals surface area contributed by atoms with Gasteiger partial charge in [0.15, 0.2) is 0 Å². The highest BCUT2D eigenvalue weighted by Crippen LogP contribution is 2.10. The topological polar surface area (TPSA) is 305 Å². The van der Waals surface area contributed by atoms with Crippen LogP contribution in [0.25, 0.3) is 0 Å². The van der Waals surface area contributed by atoms with E-state index in [1.165, 1.54) is 13.8 Å². The Kier molecular flexibility index (Phi) is 19.6. The van der Waals surface area contributed by atoms with E-state index >= 15 is 0 Å². The van der Waals surface area contributed by atoms with Gasteiger partial charge in [0.2, 0.25) is 23.6 Å². The van der Waals surface area contributed by atoms with E-state index in [1.807, 2.05) is 0 Å². The summed E-state index contributed by atoms with van der Waals surface area (Å²) < 4.78 is 5.22. The number of carbonyl (C=O) groups is 6. The minimum absolute atomic E-state index is 0.00949. The van der Waals surface area contributed by atoms with Crippen molar-refractivity contribution in [3.8, 4) is 0 Å². The average molecular weight is 664 g/mol. The highest BCUT2D eigenvalue weighted by atomic mass is 16.6. The first kappa shape index (κ1) is 42.4. The number of carboxylic acids is 1. The summed E-state index contributed by atoms with van der Waals surface area (Å²) in [7, 11) is 0. The van der Waals surface area contributed by atoms with E-state index < -0.39 is 90.3 Å². The van der Waals surface area contributed by atoms with Crippen LogP contribution in [0.4, 0.5) is 4.79 Å². The van der Waals surface area contributed by atoms with Crippen LogP contribution in [0.5, 0.6) is 0 Å². The van der Waals surface area contributed by atoms with Gasteiger partial charge in [-0.15, -0.1) is 0 Å². The molecule has 0 saturated heterocycles. The molecule has 18 nitrogen and oxygen atoms in total. The lowest BCUT2D eigenvalue weighted by Crippen LogP contribution is -2.62. The maximum Gasteiger partial charge on any atom is 0.408 e. The average Bonchev–Trinajstić information content (AvgIpc) is 2.94. The monoisotopic (exact) mass is 663 g/mol. The molecule has 0 aliphatic rings. The zero-order chi connectivity index (χ0) is 35.6. The summed E-state index contributed by atoms with van der Waals surface area (Å²) in [5.41, 5.74) is 10.2. The van der Waals surface area contributed by atoms with Gasteiger partial charge in [-0.05, 0) is 86.2 Å². The molecule has 0 rings (SSSR count). The molecule has 5 amide bonds. The summed E-state index contributed by atoms with van der Waals surface area (Å²) >= 11 is 0. The van der Waals surface area contributed by atoms with Crippen molar-refractivity contribution in [3.63, 3.8) is 0 Å². The van der Waals surface area contributed by atoms with Gasteiger partial charge < -0.3 is 63.2 Å². The number of nitrogens with two attached hydrogens (primary N) is 2. The summed E-state index contributed by atoms with van der Waals surface area (Å²) in [5, 5.41) is 50.6. The van der Waals surface area contributed by atoms with Crippen LogP contribution in [0.3, 0.4) is 0 Å². The molecular weight excluding hydrogens is 610 g/mol. The van der Waals surface area contributed by atoms with E-state index in [1.54, 1.807) is 20.8 Å². The molecule has 0 aromatic carbocycles. The fourth-order valence-electron chi connectivity index (χ4n) is 4.00. The van der Waals surface area contributed by atoms with E-state index in [4.69, 9.17) is 21.3 Å². The molecule has 0 saturated carbocycles. The van der Waals surface area contributed by atoms with E-state index in [0.717, 1.165) is 0 Å². The lowest BCUT2D eigenvalue weighted by atomic mass is 10.0. The van der Waals surface area contributed by atoms with Crippen molar-refractivity contribution in [2.75, 3.05) is 19.7 Å². The molecule has 0 aromatic heterocycles. The third-order valence-corrected chi connectivity index (χ3v) is 6.46. The predicted octanol–water partition coefficient (Wildman–Crippen LogP) is -3.08. The first-order valence-corrected chi connectivity index (χ1v) is 15.2. The van der Waals surface area contributed by atoms with Crippen molar-refractivity contribution in [2.24, 2.45) is 11.5 Å². The maximum absolute atomic E-state index is 13.2. The highest BCUT2D eigenvalue weighted by Gasteiger charge is 2.35. The molecule has 46 heavy (non-hydrogen) atoms. The number of ether oxygens (including phenoxy) is 1. The van der Waals surface area contributed by atoms with Crippen LogP contribution in [0.2, 0.25) is 0 Å². The molecule has 7 unspecified atom stereocenters. The lowest BCUT2D eigenvalue weighted by Gasteiger charge is -2.29. The van der Waals surface area contributed by atoms with E-state index in [2.05, 4.69) is 26.6 Å². The van der Waals surface area contributed by atoms with E-state index in [0.29, 0.717) is 32.2 Å². The number of carbonyl (C=O) groups excluding carboxylic acids is 5. The number of rotatable bonds is 21. The van der Waals surface area contributed by atoms with Gasteiger partial charge in [0.1, 0.15) is 35.8 Å². The number of unbranched alkanes of at least 4 members (excludes halogenated alkanes) is 2. The Hall–Kier alpha value is -3.58. The molecule has 0 aliphatic carbocycles. The van der Waals surface area contributed by atoms with Crippen molar-refractivity contribution in [3.05, 3.63) is 0 Å². The molecule has 18 heteroatoms. The number of aliphatic hydroxyl groups is 3. The highest BCUT2D eigenvalue weighted by molar-refractivity contribution is 5.96. The van der Waals surface area contributed by atoms with Gasteiger partial charge in [-0.2, -0.15) is 0 Å². The minimum Gasteiger partial charge on any atom is -0.480 e. The molecule has 7 atom stereocenters. The Balaban J connectivity index is 5.89. The molecule has 0 spiro atoms. The van der Waals surface area contributed by atoms with Gasteiger partial charge in [-0.3, -0.25) is 19.2 Å². The van der Waals surface area contributed by atoms with Crippen LogP contribution in [0.1, 0.15) is 73.1 Å². The predicted molar refractivity (Wildman–Crippen MR) is 165 cm³/mol. The normalized spacial score (nSPS) is 16.0. The van der Waals surface area contributed by atoms with Crippen LogP contribution in [0, 0.1) is 0 Å². The van der Waals surface area contributed by atoms with Crippen LogP contribution >= 0.6 is 0 Å². The molecule has 0 aromatic rings. The summed E-state index contributed by atoms with van der Waals surface area (Å²) in [6.45, 7) is 6.97. The third-order valence-electron chi connectivity index (χ3n) is 6.46. The van der Waals surface area contributed by atoms with Crippen molar-refractivity contribution in [1.29, 1.82) is 0 Å². The van der Waals surface area contributed by atoms with Gasteiger partial charge in [0.05, 0.1) is 18.8 Å². The number of carboxylic acid groups (broad SMARTS) is 1. The van der Waals surface area contributed by atoms with E-state index in [-0.39, 0.29) is 19.4 Å². The summed E-state index contributed by atoms with van der Waals surface area (Å²) in [6, 6.07) is -7.49. The van der Waals surface area contributed by atoms with Crippen LogP contribution < -0.4 is 38.1 Å². The summed E-state index contributed by atoms with van der Waals surface area (Å²) in [4.78, 5) is 76.0. The Morgan fingerprint density at radius 3 is 1.43 bits per heavy atom. The van der Waals surface area contributed by atoms with Crippen LogP contribution in [-0.2, 0) is 28.7 Å². The Labute approximate surface area is 268 Å². The Bertz CT molecular complexity index is 1000. The van der Waals surface area contributed by atoms with Gasteiger partial charge >= 0.3 is 12.1 Å². The zero-order valence-electron chi connectivity index (χ0n) is 27.2. The SMILES string of the molecule is CC(O)C(NC(=O)C(CCCCN)NC(=O)OC(C)(C)C)C(=O)NC(C(=O)NC(CCCCN)C(=O)NC(CO)C(=O)O)C(C)O. The molecular formula is C28H53N7O11. The second-order valence-electron chi connectivity index (χ2n) is 11.9. The number of hydrogen-bond acceptors (Lipinski definition) is 12. The molecule has 0 fully saturated rings. The molecule has 0 heterocycles. The zero-order valence-corrected chi connectivity index (χ0v) is 27.2. The number of nitrogens with one attached hydrogen (secondary N) is 5. The third kappa shape index (κ3) is 16.6. The second-order valence-corrected chi connectivity index (χ2v) is 11.9. The summed E-state index contributed by atoms with van der Waals surface area (Å²) in [6.07, 6.45) is -2.01. The molecule has 0 radical (unpaired) electrons. The first-order chi connectivity index (χ1) is 21.4. The van der Waals surface area contributed by atoms with Crippen LogP contribution in [0.15, 0.2) is 0 Å². The standard InChI is InChI=1S/C28H53N7O11/c1-15(37)20(24(41)31-17(10-6-8-12-29)22(39)32-19(14-36)26(43)44)35-25(42)21(16(2)38)34-23(40)18(11-7-9-13-30)33-27(45)46-28(3,4)5/h15-21,36-38H,6-14,29-30H2,1-5H3,(H,31,41)(H,32,39)(H,33,45)(H,34,40)(H,35,42)(H,43,44). The van der Waals surface area contributed by atoms with E-state index in [9.17, 15) is 44.1 Å². The van der Waals surface area contributed by atoms with Crippen LogP contribution in [-0.4, -0.2) is 124 Å². The number of amides is 5. The number of aliphatic hydroxyl groups excluding tert-OH is 3. The molecule has 0 aliphatic heterocycles. The lowest BCUT2D eigenvalue weighted by molar-refractivity contribution is -0.143. The molecule has 0 bridgehead atoms. The molecule has 266 valence electrons. The van der Waals surface area contributed by atoms with Crippen molar-refractivity contribution in [2.45, 2.75) is 121 Å². The number of alkyl carbamates (subject to hydrolysis) is 1.